The number of unbranched alkanes of at least 4 members (excludes halogenated alkanes) is 37. The van der Waals surface area contributed by atoms with E-state index in [0.29, 0.717) is 17.4 Å². The van der Waals surface area contributed by atoms with Crippen LogP contribution in [0.1, 0.15) is 329 Å². The van der Waals surface area contributed by atoms with Crippen LogP contribution < -0.4 is 10.2 Å². The molecule has 1 amide bonds. The summed E-state index contributed by atoms with van der Waals surface area (Å²) < 4.78 is 30.4. The Kier molecular flexibility index (Phi) is 62.1. The molecule has 9 nitrogen and oxygen atoms in total. The van der Waals surface area contributed by atoms with Gasteiger partial charge >= 0.3 is 5.97 Å². The maximum absolute atomic E-state index is 13.6. The number of hydrogen-bond acceptors (Lipinski definition) is 7. The number of phosphoric ester groups is 1. The summed E-state index contributed by atoms with van der Waals surface area (Å²) in [4.78, 5) is 40.2. The molecule has 0 radical (unpaired) electrons. The van der Waals surface area contributed by atoms with Gasteiger partial charge in [0.25, 0.3) is 7.82 Å². The van der Waals surface area contributed by atoms with Crippen molar-refractivity contribution >= 4 is 19.7 Å². The number of hydrogen-bond donors (Lipinski definition) is 1. The molecule has 0 heterocycles. The number of rotatable bonds is 65. The van der Waals surface area contributed by atoms with E-state index in [-0.39, 0.29) is 24.9 Å². The van der Waals surface area contributed by atoms with Crippen molar-refractivity contribution in [1.82, 2.24) is 5.32 Å². The Labute approximate surface area is 526 Å². The largest absolute Gasteiger partial charge is 0.756 e. The highest BCUT2D eigenvalue weighted by atomic mass is 31.2. The zero-order valence-corrected chi connectivity index (χ0v) is 57.4. The molecule has 0 aromatic rings. The summed E-state index contributed by atoms with van der Waals surface area (Å²) in [7, 11) is 1.18. The van der Waals surface area contributed by atoms with Crippen LogP contribution in [0.5, 0.6) is 0 Å². The molecule has 0 spiro atoms. The van der Waals surface area contributed by atoms with Crippen LogP contribution in [0.25, 0.3) is 0 Å². The van der Waals surface area contributed by atoms with Gasteiger partial charge in [0.1, 0.15) is 19.3 Å². The van der Waals surface area contributed by atoms with E-state index in [1.807, 2.05) is 33.3 Å². The summed E-state index contributed by atoms with van der Waals surface area (Å²) >= 11 is 0. The standard InChI is InChI=1S/C75H137N2O7P/c1-7-10-13-16-19-22-25-27-29-31-33-35-36-37-38-39-40-42-44-46-48-50-53-56-59-62-65-68-75(79)84-73(66-63-60-57-54-51-24-21-18-15-12-9-3)72(71-83-85(80,81)82-70-69-77(4,5)6)76-74(78)67-64-61-58-55-52-49-47-45-43-41-34-32-30-28-26-23-20-17-14-11-8-2/h10,13,19,22,27-30,33,35,37-38,63,66,72-73H,7-9,11-12,14-18,20-21,23-26,31-32,34,36,39-62,64-65,67-71H2,1-6H3,(H-,76,78,80,81)/b13-10-,22-19-,29-27-,30-28+,35-33-,38-37-,66-63-. The van der Waals surface area contributed by atoms with Gasteiger partial charge in [-0.3, -0.25) is 14.2 Å². The average molecular weight is 1210 g/mol. The van der Waals surface area contributed by atoms with Gasteiger partial charge in [-0.15, -0.1) is 0 Å². The fourth-order valence-electron chi connectivity index (χ4n) is 10.3. The Balaban J connectivity index is 5.00. The summed E-state index contributed by atoms with van der Waals surface area (Å²) in [6.45, 7) is 6.75. The van der Waals surface area contributed by atoms with Crippen LogP contribution in [0, 0.1) is 0 Å². The predicted molar refractivity (Wildman–Crippen MR) is 367 cm³/mol. The number of nitrogens with zero attached hydrogens (tertiary/aromatic N) is 1. The normalized spacial score (nSPS) is 14.0. The summed E-state index contributed by atoms with van der Waals surface area (Å²) in [5.74, 6) is -0.538. The molecule has 0 aromatic carbocycles. The van der Waals surface area contributed by atoms with Crippen molar-refractivity contribution in [2.45, 2.75) is 341 Å². The van der Waals surface area contributed by atoms with Crippen molar-refractivity contribution < 1.29 is 37.3 Å². The van der Waals surface area contributed by atoms with Gasteiger partial charge < -0.3 is 28.5 Å². The molecule has 0 aromatic heterocycles. The minimum atomic E-state index is -4.71. The first-order chi connectivity index (χ1) is 41.4. The van der Waals surface area contributed by atoms with Gasteiger partial charge in [-0.05, 0) is 102 Å². The van der Waals surface area contributed by atoms with Gasteiger partial charge in [-0.25, -0.2) is 0 Å². The van der Waals surface area contributed by atoms with Crippen LogP contribution in [0.2, 0.25) is 0 Å². The van der Waals surface area contributed by atoms with Crippen LogP contribution in [0.4, 0.5) is 0 Å². The summed E-state index contributed by atoms with van der Waals surface area (Å²) in [5, 5.41) is 3.04. The third kappa shape index (κ3) is 65.5. The molecular weight excluding hydrogens is 1070 g/mol. The molecule has 494 valence electrons. The first kappa shape index (κ1) is 82.2. The van der Waals surface area contributed by atoms with Gasteiger partial charge in [-0.2, -0.15) is 0 Å². The lowest BCUT2D eigenvalue weighted by molar-refractivity contribution is -0.870. The number of quaternary nitrogens is 1. The number of ether oxygens (including phenoxy) is 1. The fourth-order valence-corrected chi connectivity index (χ4v) is 11.0. The van der Waals surface area contributed by atoms with Crippen LogP contribution in [-0.2, 0) is 27.9 Å². The number of amides is 1. The Morgan fingerprint density at radius 3 is 1.14 bits per heavy atom. The van der Waals surface area contributed by atoms with E-state index < -0.39 is 26.6 Å². The minimum Gasteiger partial charge on any atom is -0.756 e. The van der Waals surface area contributed by atoms with Crippen molar-refractivity contribution in [3.8, 4) is 0 Å². The van der Waals surface area contributed by atoms with Crippen LogP contribution in [0.15, 0.2) is 85.1 Å². The topological polar surface area (TPSA) is 114 Å². The van der Waals surface area contributed by atoms with E-state index in [4.69, 9.17) is 13.8 Å². The van der Waals surface area contributed by atoms with Crippen LogP contribution in [-0.4, -0.2) is 69.4 Å². The highest BCUT2D eigenvalue weighted by Crippen LogP contribution is 2.38. The van der Waals surface area contributed by atoms with Gasteiger partial charge in [0, 0.05) is 12.8 Å². The fraction of sp³-hybridized carbons (Fsp3) is 0.787. The van der Waals surface area contributed by atoms with Crippen molar-refractivity contribution in [2.24, 2.45) is 0 Å². The van der Waals surface area contributed by atoms with E-state index in [0.717, 1.165) is 89.9 Å². The molecule has 3 atom stereocenters. The third-order valence-corrected chi connectivity index (χ3v) is 16.8. The predicted octanol–water partition coefficient (Wildman–Crippen LogP) is 22.3. The van der Waals surface area contributed by atoms with Crippen molar-refractivity contribution in [3.05, 3.63) is 85.1 Å². The monoisotopic (exact) mass is 1210 g/mol. The van der Waals surface area contributed by atoms with Crippen molar-refractivity contribution in [3.63, 3.8) is 0 Å². The van der Waals surface area contributed by atoms with E-state index in [1.165, 1.54) is 205 Å². The molecule has 1 N–H and O–H groups in total. The molecule has 0 aliphatic carbocycles. The second-order valence-corrected chi connectivity index (χ2v) is 26.8. The third-order valence-electron chi connectivity index (χ3n) is 15.8. The van der Waals surface area contributed by atoms with Crippen LogP contribution in [0.3, 0.4) is 0 Å². The maximum atomic E-state index is 13.6. The maximum Gasteiger partial charge on any atom is 0.306 e. The molecule has 0 rings (SSSR count). The molecule has 85 heavy (non-hydrogen) atoms. The Bertz CT molecular complexity index is 1730. The molecular formula is C75H137N2O7P. The first-order valence-corrected chi connectivity index (χ1v) is 37.4. The van der Waals surface area contributed by atoms with E-state index >= 15 is 0 Å². The summed E-state index contributed by atoms with van der Waals surface area (Å²) in [5.41, 5.74) is 0. The molecule has 0 saturated heterocycles. The number of carbonyl (C=O) groups excluding carboxylic acids is 2. The van der Waals surface area contributed by atoms with E-state index in [1.54, 1.807) is 0 Å². The lowest BCUT2D eigenvalue weighted by atomic mass is 10.0. The van der Waals surface area contributed by atoms with Crippen LogP contribution >= 0.6 is 7.82 Å². The van der Waals surface area contributed by atoms with Crippen molar-refractivity contribution in [1.29, 1.82) is 0 Å². The Morgan fingerprint density at radius 2 is 0.753 bits per heavy atom. The van der Waals surface area contributed by atoms with Gasteiger partial charge in [0.15, 0.2) is 0 Å². The SMILES string of the molecule is CC/C=C\C/C=C\C/C=C\C/C=C\C/C=C\CCCCCCCCCCCCCC(=O)OC(/C=C\CCCCCCCCCCC)C(COP(=O)([O-])OCC[N+](C)(C)C)NC(=O)CCCCCCCCCCCCC/C=C/CCCCCCCC. The number of allylic oxidation sites excluding steroid dienone is 13. The molecule has 0 fully saturated rings. The zero-order valence-electron chi connectivity index (χ0n) is 56.6. The molecule has 10 heteroatoms. The first-order valence-electron chi connectivity index (χ1n) is 35.9. The van der Waals surface area contributed by atoms with Gasteiger partial charge in [-0.1, -0.05) is 299 Å². The van der Waals surface area contributed by atoms with Crippen molar-refractivity contribution in [2.75, 3.05) is 40.9 Å². The highest BCUT2D eigenvalue weighted by Gasteiger charge is 2.27. The van der Waals surface area contributed by atoms with E-state index in [9.17, 15) is 19.0 Å². The average Bonchev–Trinajstić information content (AvgIpc) is 3.59. The molecule has 0 aliphatic heterocycles. The summed E-state index contributed by atoms with van der Waals surface area (Å²) in [6, 6.07) is -0.893. The number of likely N-dealkylation sites (N-methyl/N-ethyl adjacent to an activating group) is 1. The van der Waals surface area contributed by atoms with Gasteiger partial charge in [0.05, 0.1) is 33.8 Å². The highest BCUT2D eigenvalue weighted by molar-refractivity contribution is 7.45. The van der Waals surface area contributed by atoms with E-state index in [2.05, 4.69) is 99.0 Å². The summed E-state index contributed by atoms with van der Waals surface area (Å²) in [6.07, 6.45) is 85.6. The Morgan fingerprint density at radius 1 is 0.424 bits per heavy atom. The molecule has 0 aliphatic rings. The molecule has 3 unspecified atom stereocenters. The lowest BCUT2D eigenvalue weighted by Crippen LogP contribution is -2.47. The number of esters is 1. The second kappa shape index (κ2) is 64.2. The second-order valence-electron chi connectivity index (χ2n) is 25.4. The lowest BCUT2D eigenvalue weighted by Gasteiger charge is -2.30. The quantitative estimate of drug-likeness (QED) is 0.0212. The number of carbonyl (C=O) groups is 2. The molecule has 0 bridgehead atoms. The number of nitrogens with one attached hydrogen (secondary N) is 1. The van der Waals surface area contributed by atoms with Gasteiger partial charge in [0.2, 0.25) is 5.91 Å². The smallest absolute Gasteiger partial charge is 0.306 e. The molecule has 0 saturated carbocycles. The number of phosphoric acid groups is 1. The Hall–Kier alpha value is -2.81. The minimum absolute atomic E-state index is 0.0245. The zero-order chi connectivity index (χ0) is 62.1.